The van der Waals surface area contributed by atoms with E-state index in [1.807, 2.05) is 0 Å². The minimum absolute atomic E-state index is 0.515. The summed E-state index contributed by atoms with van der Waals surface area (Å²) in [4.78, 5) is 7.28. The highest BCUT2D eigenvalue weighted by molar-refractivity contribution is 5.80. The van der Waals surface area contributed by atoms with Crippen molar-refractivity contribution in [3.8, 4) is 0 Å². The van der Waals surface area contributed by atoms with Crippen molar-refractivity contribution in [1.29, 1.82) is 0 Å². The zero-order valence-electron chi connectivity index (χ0n) is 18.5. The first kappa shape index (κ1) is 23.2. The van der Waals surface area contributed by atoms with Crippen molar-refractivity contribution in [3.63, 3.8) is 0 Å². The second kappa shape index (κ2) is 14.0. The fourth-order valence-electron chi connectivity index (χ4n) is 4.19. The van der Waals surface area contributed by atoms with Gasteiger partial charge < -0.3 is 15.4 Å². The van der Waals surface area contributed by atoms with Gasteiger partial charge in [-0.25, -0.2) is 0 Å². The van der Waals surface area contributed by atoms with Crippen molar-refractivity contribution < 1.29 is 4.74 Å². The second-order valence-corrected chi connectivity index (χ2v) is 8.60. The molecule has 0 bridgehead atoms. The maximum absolute atomic E-state index is 6.09. The van der Waals surface area contributed by atoms with Gasteiger partial charge >= 0.3 is 0 Å². The quantitative estimate of drug-likeness (QED) is 0.193. The van der Waals surface area contributed by atoms with Crippen LogP contribution in [0.5, 0.6) is 0 Å². The molecule has 5 heteroatoms. The molecule has 0 spiro atoms. The van der Waals surface area contributed by atoms with Gasteiger partial charge in [0.15, 0.2) is 5.96 Å². The van der Waals surface area contributed by atoms with Gasteiger partial charge in [0.05, 0.1) is 6.10 Å². The van der Waals surface area contributed by atoms with Crippen LogP contribution in [0.3, 0.4) is 0 Å². The van der Waals surface area contributed by atoms with Crippen LogP contribution in [0, 0.1) is 0 Å². The molecule has 1 aliphatic carbocycles. The molecule has 1 aliphatic heterocycles. The average molecular weight is 393 g/mol. The minimum atomic E-state index is 0.515. The van der Waals surface area contributed by atoms with E-state index in [9.17, 15) is 0 Å². The summed E-state index contributed by atoms with van der Waals surface area (Å²) in [6.07, 6.45) is 13.1. The Labute approximate surface area is 173 Å². The Bertz CT molecular complexity index is 450. The summed E-state index contributed by atoms with van der Waals surface area (Å²) in [6, 6.07) is 0.526. The number of hydrogen-bond acceptors (Lipinski definition) is 3. The summed E-state index contributed by atoms with van der Waals surface area (Å²) < 4.78 is 6.09. The van der Waals surface area contributed by atoms with E-state index >= 15 is 0 Å². The molecule has 0 unspecified atom stereocenters. The molecule has 2 aliphatic rings. The second-order valence-electron chi connectivity index (χ2n) is 8.60. The van der Waals surface area contributed by atoms with Gasteiger partial charge in [0.1, 0.15) is 0 Å². The number of rotatable bonds is 10. The van der Waals surface area contributed by atoms with Crippen molar-refractivity contribution in [2.75, 3.05) is 39.3 Å². The van der Waals surface area contributed by atoms with E-state index in [0.29, 0.717) is 12.1 Å². The van der Waals surface area contributed by atoms with E-state index in [1.54, 1.807) is 0 Å². The maximum atomic E-state index is 6.09. The third kappa shape index (κ3) is 9.92. The number of nitrogens with one attached hydrogen (secondary N) is 2. The van der Waals surface area contributed by atoms with Crippen molar-refractivity contribution in [2.45, 2.75) is 90.2 Å². The summed E-state index contributed by atoms with van der Waals surface area (Å²) >= 11 is 0. The van der Waals surface area contributed by atoms with Gasteiger partial charge in [0.25, 0.3) is 0 Å². The summed E-state index contributed by atoms with van der Waals surface area (Å²) in [6.45, 7) is 14.3. The Morgan fingerprint density at radius 2 is 1.79 bits per heavy atom. The molecule has 0 aromatic carbocycles. The highest BCUT2D eigenvalue weighted by Gasteiger charge is 2.19. The van der Waals surface area contributed by atoms with Crippen LogP contribution >= 0.6 is 0 Å². The van der Waals surface area contributed by atoms with Gasteiger partial charge in [-0.2, -0.15) is 0 Å². The van der Waals surface area contributed by atoms with Crippen molar-refractivity contribution in [3.05, 3.63) is 12.2 Å². The Morgan fingerprint density at radius 3 is 2.43 bits per heavy atom. The van der Waals surface area contributed by atoms with E-state index in [4.69, 9.17) is 9.73 Å². The Hall–Kier alpha value is -1.07. The lowest BCUT2D eigenvalue weighted by Crippen LogP contribution is -2.48. The molecule has 2 fully saturated rings. The predicted molar refractivity (Wildman–Crippen MR) is 120 cm³/mol. The number of piperidine rings is 1. The first-order valence-corrected chi connectivity index (χ1v) is 11.7. The monoisotopic (exact) mass is 392 g/mol. The molecule has 2 N–H and O–H groups in total. The summed E-state index contributed by atoms with van der Waals surface area (Å²) in [5.74, 6) is 0.977. The maximum Gasteiger partial charge on any atom is 0.191 e. The van der Waals surface area contributed by atoms with E-state index in [2.05, 4.69) is 36.0 Å². The zero-order chi connectivity index (χ0) is 20.0. The van der Waals surface area contributed by atoms with Crippen molar-refractivity contribution >= 4 is 5.96 Å². The number of unbranched alkanes of at least 4 members (excludes halogenated alkanes) is 1. The molecule has 0 aromatic rings. The van der Waals surface area contributed by atoms with Crippen molar-refractivity contribution in [1.82, 2.24) is 15.5 Å². The van der Waals surface area contributed by atoms with E-state index in [0.717, 1.165) is 58.1 Å². The zero-order valence-corrected chi connectivity index (χ0v) is 18.5. The molecule has 0 aromatic heterocycles. The normalized spacial score (nSPS) is 20.7. The summed E-state index contributed by atoms with van der Waals surface area (Å²) in [7, 11) is 0. The number of hydrogen-bond donors (Lipinski definition) is 2. The van der Waals surface area contributed by atoms with E-state index in [1.165, 1.54) is 56.9 Å². The first-order chi connectivity index (χ1) is 13.7. The highest BCUT2D eigenvalue weighted by Crippen LogP contribution is 2.20. The molecule has 1 heterocycles. The fraction of sp³-hybridized carbons (Fsp3) is 0.870. The van der Waals surface area contributed by atoms with Crippen LogP contribution in [0.25, 0.3) is 0 Å². The number of aliphatic imine (C=N–C) groups is 1. The van der Waals surface area contributed by atoms with Crippen LogP contribution in [0.1, 0.15) is 78.1 Å². The molecular weight excluding hydrogens is 348 g/mol. The van der Waals surface area contributed by atoms with Crippen LogP contribution in [0.2, 0.25) is 0 Å². The van der Waals surface area contributed by atoms with E-state index < -0.39 is 0 Å². The smallest absolute Gasteiger partial charge is 0.191 e. The molecule has 0 amide bonds. The number of nitrogens with zero attached hydrogens (tertiary/aromatic N) is 2. The molecule has 0 atom stereocenters. The molecule has 28 heavy (non-hydrogen) atoms. The van der Waals surface area contributed by atoms with Crippen LogP contribution in [0.15, 0.2) is 17.1 Å². The first-order valence-electron chi connectivity index (χ1n) is 11.7. The third-order valence-electron chi connectivity index (χ3n) is 5.74. The Balaban J connectivity index is 1.60. The lowest BCUT2D eigenvalue weighted by Gasteiger charge is -2.33. The van der Waals surface area contributed by atoms with Crippen molar-refractivity contribution in [2.24, 2.45) is 4.99 Å². The lowest BCUT2D eigenvalue weighted by atomic mass is 10.0. The molecular formula is C23H44N4O. The van der Waals surface area contributed by atoms with Gasteiger partial charge in [-0.1, -0.05) is 37.8 Å². The van der Waals surface area contributed by atoms with Crippen LogP contribution in [-0.4, -0.2) is 62.3 Å². The van der Waals surface area contributed by atoms with Gasteiger partial charge in [0.2, 0.25) is 0 Å². The average Bonchev–Trinajstić information content (AvgIpc) is 2.94. The largest absolute Gasteiger partial charge is 0.378 e. The SMILES string of the molecule is C=C(C)CN1CCC(NC(=NCCCCOC2CCCCCC2)NCC)CC1. The van der Waals surface area contributed by atoms with Crippen LogP contribution in [-0.2, 0) is 4.74 Å². The number of likely N-dealkylation sites (tertiary alicyclic amines) is 1. The lowest BCUT2D eigenvalue weighted by molar-refractivity contribution is 0.0413. The predicted octanol–water partition coefficient (Wildman–Crippen LogP) is 4.10. The molecule has 0 radical (unpaired) electrons. The van der Waals surface area contributed by atoms with E-state index in [-0.39, 0.29) is 0 Å². The molecule has 1 saturated carbocycles. The van der Waals surface area contributed by atoms with Gasteiger partial charge in [-0.05, 0) is 52.4 Å². The van der Waals surface area contributed by atoms with Crippen LogP contribution < -0.4 is 10.6 Å². The Morgan fingerprint density at radius 1 is 1.07 bits per heavy atom. The highest BCUT2D eigenvalue weighted by atomic mass is 16.5. The Kier molecular flexibility index (Phi) is 11.6. The fourth-order valence-corrected chi connectivity index (χ4v) is 4.19. The number of ether oxygens (including phenoxy) is 1. The van der Waals surface area contributed by atoms with Gasteiger partial charge in [0, 0.05) is 45.4 Å². The summed E-state index contributed by atoms with van der Waals surface area (Å²) in [5, 5.41) is 7.04. The molecule has 1 saturated heterocycles. The topological polar surface area (TPSA) is 48.9 Å². The summed E-state index contributed by atoms with van der Waals surface area (Å²) in [5.41, 5.74) is 1.25. The molecule has 162 valence electrons. The van der Waals surface area contributed by atoms with Gasteiger partial charge in [-0.15, -0.1) is 0 Å². The van der Waals surface area contributed by atoms with Crippen LogP contribution in [0.4, 0.5) is 0 Å². The minimum Gasteiger partial charge on any atom is -0.378 e. The third-order valence-corrected chi connectivity index (χ3v) is 5.74. The standard InChI is InChI=1S/C23H44N4O/c1-4-24-23(26-21-13-16-27(17-14-21)19-20(2)3)25-15-9-10-18-28-22-11-7-5-6-8-12-22/h21-22H,2,4-19H2,1,3H3,(H2,24,25,26). The molecule has 2 rings (SSSR count). The number of guanidine groups is 1. The van der Waals surface area contributed by atoms with Gasteiger partial charge in [-0.3, -0.25) is 9.89 Å². The molecule has 5 nitrogen and oxygen atoms in total.